The van der Waals surface area contributed by atoms with Crippen molar-refractivity contribution in [2.75, 3.05) is 0 Å². The number of ketones is 1. The van der Waals surface area contributed by atoms with E-state index in [1.54, 1.807) is 25.1 Å². The molecule has 1 aromatic carbocycles. The summed E-state index contributed by atoms with van der Waals surface area (Å²) in [6.07, 6.45) is 6.59. The first kappa shape index (κ1) is 15.3. The second kappa shape index (κ2) is 7.63. The summed E-state index contributed by atoms with van der Waals surface area (Å²) in [6, 6.07) is 6.66. The minimum Gasteiger partial charge on any atom is -0.295 e. The third-order valence-corrected chi connectivity index (χ3v) is 3.16. The fourth-order valence-electron chi connectivity index (χ4n) is 1.51. The van der Waals surface area contributed by atoms with Gasteiger partial charge in [0.1, 0.15) is 0 Å². The van der Waals surface area contributed by atoms with E-state index < -0.39 is 0 Å². The molecule has 1 aliphatic rings. The van der Waals surface area contributed by atoms with E-state index in [1.807, 2.05) is 18.2 Å². The smallest absolute Gasteiger partial charge is 0.273 e. The van der Waals surface area contributed by atoms with E-state index in [2.05, 4.69) is 15.9 Å². The lowest BCUT2D eigenvalue weighted by atomic mass is 10.2. The van der Waals surface area contributed by atoms with E-state index in [9.17, 15) is 14.9 Å². The number of nitrogens with zero attached hydrogens (tertiary/aromatic N) is 1. The van der Waals surface area contributed by atoms with Crippen molar-refractivity contribution >= 4 is 27.4 Å². The monoisotopic (exact) mass is 323 g/mol. The number of rotatable bonds is 3. The van der Waals surface area contributed by atoms with Crippen molar-refractivity contribution in [3.8, 4) is 0 Å². The Morgan fingerprint density at radius 3 is 2.47 bits per heavy atom. The van der Waals surface area contributed by atoms with E-state index in [0.717, 1.165) is 12.0 Å². The zero-order chi connectivity index (χ0) is 14.3. The van der Waals surface area contributed by atoms with Crippen LogP contribution in [0.2, 0.25) is 0 Å². The van der Waals surface area contributed by atoms with Gasteiger partial charge in [0.05, 0.1) is 4.92 Å². The highest BCUT2D eigenvalue weighted by atomic mass is 79.9. The van der Waals surface area contributed by atoms with Gasteiger partial charge in [0.25, 0.3) is 5.69 Å². The molecule has 0 spiro atoms. The number of benzene rings is 1. The molecule has 19 heavy (non-hydrogen) atoms. The molecule has 0 heterocycles. The number of halogens is 1. The summed E-state index contributed by atoms with van der Waals surface area (Å²) in [7, 11) is 0. The first-order valence-corrected chi connectivity index (χ1v) is 6.83. The van der Waals surface area contributed by atoms with Crippen LogP contribution in [0.1, 0.15) is 18.9 Å². The number of alkyl halides is 1. The molecular weight excluding hydrogens is 310 g/mol. The van der Waals surface area contributed by atoms with Crippen LogP contribution < -0.4 is 0 Å². The van der Waals surface area contributed by atoms with Gasteiger partial charge in [-0.05, 0) is 18.9 Å². The fourth-order valence-corrected chi connectivity index (χ4v) is 1.98. The summed E-state index contributed by atoms with van der Waals surface area (Å²) in [5.74, 6) is 0.190. The third-order valence-electron chi connectivity index (χ3n) is 2.56. The third kappa shape index (κ3) is 4.79. The van der Waals surface area contributed by atoms with E-state index in [1.165, 1.54) is 6.07 Å². The summed E-state index contributed by atoms with van der Waals surface area (Å²) in [6.45, 7) is 1.60. The van der Waals surface area contributed by atoms with Gasteiger partial charge in [-0.25, -0.2) is 0 Å². The Labute approximate surface area is 120 Å². The maximum absolute atomic E-state index is 10.5. The SMILES string of the molecule is CC(=O)C1=CC=CC1.O=[N+]([O-])c1ccccc1CBr. The topological polar surface area (TPSA) is 60.2 Å². The molecule has 4 nitrogen and oxygen atoms in total. The van der Waals surface area contributed by atoms with Gasteiger partial charge in [0, 0.05) is 17.0 Å². The molecule has 0 saturated carbocycles. The molecule has 0 atom stereocenters. The molecule has 0 unspecified atom stereocenters. The lowest BCUT2D eigenvalue weighted by Crippen LogP contribution is -1.91. The van der Waals surface area contributed by atoms with Gasteiger partial charge in [-0.15, -0.1) is 0 Å². The molecule has 0 bridgehead atoms. The van der Waals surface area contributed by atoms with Crippen molar-refractivity contribution in [1.82, 2.24) is 0 Å². The van der Waals surface area contributed by atoms with E-state index in [4.69, 9.17) is 0 Å². The Bertz CT molecular complexity index is 535. The number of Topliss-reactive ketones (excluding diaryl/α,β-unsaturated/α-hetero) is 1. The summed E-state index contributed by atoms with van der Waals surface area (Å²) < 4.78 is 0. The highest BCUT2D eigenvalue weighted by molar-refractivity contribution is 9.08. The molecule has 0 radical (unpaired) electrons. The highest BCUT2D eigenvalue weighted by Gasteiger charge is 2.09. The fraction of sp³-hybridized carbons (Fsp3) is 0.214. The average Bonchev–Trinajstić information content (AvgIpc) is 2.93. The summed E-state index contributed by atoms with van der Waals surface area (Å²) >= 11 is 3.17. The van der Waals surface area contributed by atoms with Crippen LogP contribution in [0, 0.1) is 10.1 Å². The van der Waals surface area contributed by atoms with Crippen LogP contribution in [0.3, 0.4) is 0 Å². The zero-order valence-corrected chi connectivity index (χ0v) is 12.1. The zero-order valence-electron chi connectivity index (χ0n) is 10.5. The molecule has 0 saturated heterocycles. The molecular formula is C14H14BrNO3. The van der Waals surface area contributed by atoms with Crippen LogP contribution in [0.25, 0.3) is 0 Å². The molecule has 0 aliphatic heterocycles. The predicted octanol–water partition coefficient (Wildman–Crippen LogP) is 3.95. The Kier molecular flexibility index (Phi) is 6.15. The summed E-state index contributed by atoms with van der Waals surface area (Å²) in [5, 5.41) is 10.9. The van der Waals surface area contributed by atoms with Crippen LogP contribution in [0.15, 0.2) is 48.1 Å². The summed E-state index contributed by atoms with van der Waals surface area (Å²) in [5.41, 5.74) is 1.80. The Hall–Kier alpha value is -1.75. The molecule has 5 heteroatoms. The van der Waals surface area contributed by atoms with Crippen molar-refractivity contribution in [3.63, 3.8) is 0 Å². The molecule has 1 aliphatic carbocycles. The van der Waals surface area contributed by atoms with Gasteiger partial charge in [-0.1, -0.05) is 52.4 Å². The van der Waals surface area contributed by atoms with E-state index >= 15 is 0 Å². The molecule has 0 N–H and O–H groups in total. The van der Waals surface area contributed by atoms with Crippen molar-refractivity contribution < 1.29 is 9.72 Å². The van der Waals surface area contributed by atoms with Crippen LogP contribution >= 0.6 is 15.9 Å². The maximum atomic E-state index is 10.5. The average molecular weight is 324 g/mol. The Morgan fingerprint density at radius 1 is 1.42 bits per heavy atom. The number of hydrogen-bond acceptors (Lipinski definition) is 3. The van der Waals surface area contributed by atoms with Crippen LogP contribution in [-0.2, 0) is 10.1 Å². The first-order chi connectivity index (χ1) is 9.06. The largest absolute Gasteiger partial charge is 0.295 e. The number of nitro groups is 1. The lowest BCUT2D eigenvalue weighted by Gasteiger charge is -1.95. The predicted molar refractivity (Wildman–Crippen MR) is 78.2 cm³/mol. The first-order valence-electron chi connectivity index (χ1n) is 5.71. The number of carbonyl (C=O) groups is 1. The number of carbonyl (C=O) groups excluding carboxylic acids is 1. The molecule has 2 rings (SSSR count). The van der Waals surface area contributed by atoms with Gasteiger partial charge in [0.15, 0.2) is 5.78 Å². The van der Waals surface area contributed by atoms with Gasteiger partial charge < -0.3 is 0 Å². The summed E-state index contributed by atoms with van der Waals surface area (Å²) in [4.78, 5) is 20.5. The Balaban J connectivity index is 0.000000200. The van der Waals surface area contributed by atoms with E-state index in [-0.39, 0.29) is 16.4 Å². The Morgan fingerprint density at radius 2 is 2.11 bits per heavy atom. The van der Waals surface area contributed by atoms with Crippen molar-refractivity contribution in [1.29, 1.82) is 0 Å². The van der Waals surface area contributed by atoms with Gasteiger partial charge in [0.2, 0.25) is 0 Å². The number of para-hydroxylation sites is 1. The molecule has 0 amide bonds. The van der Waals surface area contributed by atoms with Crippen molar-refractivity contribution in [2.45, 2.75) is 18.7 Å². The molecule has 0 aromatic heterocycles. The number of hydrogen-bond donors (Lipinski definition) is 0. The minimum atomic E-state index is -0.378. The second-order valence-electron chi connectivity index (χ2n) is 3.90. The lowest BCUT2D eigenvalue weighted by molar-refractivity contribution is -0.385. The number of nitro benzene ring substituents is 1. The van der Waals surface area contributed by atoms with Gasteiger partial charge >= 0.3 is 0 Å². The number of allylic oxidation sites excluding steroid dienone is 4. The minimum absolute atomic E-state index is 0.171. The highest BCUT2D eigenvalue weighted by Crippen LogP contribution is 2.19. The van der Waals surface area contributed by atoms with E-state index in [0.29, 0.717) is 10.9 Å². The normalized spacial score (nSPS) is 12.4. The standard InChI is InChI=1S/C7H6BrNO2.C7H8O/c8-5-6-3-1-2-4-7(6)9(10)11;1-6(8)7-4-2-3-5-7/h1-4H,5H2;2-4H,5H2,1H3. The second-order valence-corrected chi connectivity index (χ2v) is 4.46. The molecule has 1 aromatic rings. The van der Waals surface area contributed by atoms with Crippen molar-refractivity contribution in [2.24, 2.45) is 0 Å². The van der Waals surface area contributed by atoms with Crippen LogP contribution in [0.4, 0.5) is 5.69 Å². The van der Waals surface area contributed by atoms with Crippen LogP contribution in [-0.4, -0.2) is 10.7 Å². The quantitative estimate of drug-likeness (QED) is 0.480. The molecule has 100 valence electrons. The van der Waals surface area contributed by atoms with Crippen LogP contribution in [0.5, 0.6) is 0 Å². The van der Waals surface area contributed by atoms with Gasteiger partial charge in [-0.3, -0.25) is 14.9 Å². The van der Waals surface area contributed by atoms with Crippen molar-refractivity contribution in [3.05, 3.63) is 63.7 Å². The van der Waals surface area contributed by atoms with Gasteiger partial charge in [-0.2, -0.15) is 0 Å². The maximum Gasteiger partial charge on any atom is 0.273 e. The molecule has 0 fully saturated rings.